The fraction of sp³-hybridized carbons (Fsp3) is 0.615. The van der Waals surface area contributed by atoms with Gasteiger partial charge in [0.05, 0.1) is 0 Å². The summed E-state index contributed by atoms with van der Waals surface area (Å²) >= 11 is 0. The molecule has 0 spiro atoms. The number of unbranched alkanes of at least 4 members (excludes halogenated alkanes) is 2. The highest BCUT2D eigenvalue weighted by atomic mass is 14.9. The summed E-state index contributed by atoms with van der Waals surface area (Å²) in [5.41, 5.74) is 1.47. The van der Waals surface area contributed by atoms with Crippen LogP contribution in [0.25, 0.3) is 0 Å². The van der Waals surface area contributed by atoms with E-state index in [1.165, 1.54) is 37.7 Å². The minimum Gasteiger partial charge on any atom is -0.205 e. The monoisotopic (exact) mass is 192 g/mol. The van der Waals surface area contributed by atoms with Crippen LogP contribution in [0.2, 0.25) is 0 Å². The van der Waals surface area contributed by atoms with Crippen molar-refractivity contribution in [3.8, 4) is 0 Å². The molecular formula is C13H22N+. The number of nitrogens with zero attached hydrogens (tertiary/aromatic N) is 1. The molecule has 1 rings (SSSR count). The molecule has 14 heavy (non-hydrogen) atoms. The van der Waals surface area contributed by atoms with Crippen LogP contribution in [0.5, 0.6) is 0 Å². The summed E-state index contributed by atoms with van der Waals surface area (Å²) in [5.74, 6) is 0. The molecule has 0 aliphatic rings. The van der Waals surface area contributed by atoms with Crippen molar-refractivity contribution in [2.24, 2.45) is 0 Å². The molecule has 0 saturated heterocycles. The summed E-state index contributed by atoms with van der Waals surface area (Å²) in [6.45, 7) is 5.63. The van der Waals surface area contributed by atoms with E-state index in [0.717, 1.165) is 6.54 Å². The maximum absolute atomic E-state index is 2.28. The third kappa shape index (κ3) is 3.91. The zero-order valence-electron chi connectivity index (χ0n) is 9.50. The second-order valence-corrected chi connectivity index (χ2v) is 3.90. The van der Waals surface area contributed by atoms with E-state index in [9.17, 15) is 0 Å². The lowest BCUT2D eigenvalue weighted by Gasteiger charge is -1.99. The van der Waals surface area contributed by atoms with Gasteiger partial charge in [-0.3, -0.25) is 0 Å². The quantitative estimate of drug-likeness (QED) is 0.610. The molecule has 0 N–H and O–H groups in total. The first kappa shape index (κ1) is 11.2. The van der Waals surface area contributed by atoms with Crippen LogP contribution in [0.1, 0.15) is 45.1 Å². The SMILES string of the molecule is CCCCc1cc[n+](CCCC)cc1. The molecule has 1 heterocycles. The van der Waals surface area contributed by atoms with Gasteiger partial charge in [-0.05, 0) is 18.4 Å². The van der Waals surface area contributed by atoms with Gasteiger partial charge in [-0.1, -0.05) is 26.7 Å². The molecule has 0 aromatic carbocycles. The third-order valence-corrected chi connectivity index (χ3v) is 2.55. The van der Waals surface area contributed by atoms with Gasteiger partial charge in [-0.15, -0.1) is 0 Å². The number of aryl methyl sites for hydroxylation is 2. The Labute approximate surface area is 87.8 Å². The summed E-state index contributed by atoms with van der Waals surface area (Å²) in [4.78, 5) is 0. The van der Waals surface area contributed by atoms with Crippen LogP contribution in [0, 0.1) is 0 Å². The maximum Gasteiger partial charge on any atom is 0.169 e. The summed E-state index contributed by atoms with van der Waals surface area (Å²) in [6, 6.07) is 4.51. The number of rotatable bonds is 6. The van der Waals surface area contributed by atoms with E-state index >= 15 is 0 Å². The smallest absolute Gasteiger partial charge is 0.169 e. The standard InChI is InChI=1S/C13H22N/c1-3-5-7-13-8-11-14(12-9-13)10-6-4-2/h8-9,11-12H,3-7,10H2,1-2H3/q+1. The normalized spacial score (nSPS) is 10.4. The largest absolute Gasteiger partial charge is 0.205 e. The van der Waals surface area contributed by atoms with Crippen LogP contribution in [-0.2, 0) is 13.0 Å². The Bertz CT molecular complexity index is 211. The minimum atomic E-state index is 1.16. The highest BCUT2D eigenvalue weighted by molar-refractivity contribution is 5.06. The lowest BCUT2D eigenvalue weighted by molar-refractivity contribution is -0.697. The molecule has 0 amide bonds. The van der Waals surface area contributed by atoms with Crippen LogP contribution in [0.3, 0.4) is 0 Å². The summed E-state index contributed by atoms with van der Waals surface area (Å²) in [7, 11) is 0. The molecule has 1 aromatic rings. The fourth-order valence-corrected chi connectivity index (χ4v) is 1.53. The van der Waals surface area contributed by atoms with Crippen molar-refractivity contribution in [3.63, 3.8) is 0 Å². The van der Waals surface area contributed by atoms with Crippen molar-refractivity contribution in [2.45, 2.75) is 52.5 Å². The second-order valence-electron chi connectivity index (χ2n) is 3.90. The van der Waals surface area contributed by atoms with Gasteiger partial charge >= 0.3 is 0 Å². The van der Waals surface area contributed by atoms with Crippen molar-refractivity contribution < 1.29 is 4.57 Å². The van der Waals surface area contributed by atoms with Gasteiger partial charge in [0.15, 0.2) is 12.4 Å². The highest BCUT2D eigenvalue weighted by Crippen LogP contribution is 2.02. The molecular weight excluding hydrogens is 170 g/mol. The Hall–Kier alpha value is -0.850. The van der Waals surface area contributed by atoms with Crippen molar-refractivity contribution in [1.82, 2.24) is 0 Å². The van der Waals surface area contributed by atoms with Gasteiger partial charge in [0.25, 0.3) is 0 Å². The van der Waals surface area contributed by atoms with E-state index in [2.05, 4.69) is 42.9 Å². The molecule has 1 aromatic heterocycles. The number of pyridine rings is 1. The summed E-state index contributed by atoms with van der Waals surface area (Å²) in [5, 5.41) is 0. The van der Waals surface area contributed by atoms with Crippen LogP contribution < -0.4 is 4.57 Å². The maximum atomic E-state index is 2.28. The molecule has 78 valence electrons. The van der Waals surface area contributed by atoms with Gasteiger partial charge in [0.2, 0.25) is 0 Å². The van der Waals surface area contributed by atoms with Crippen molar-refractivity contribution in [1.29, 1.82) is 0 Å². The van der Waals surface area contributed by atoms with Crippen molar-refractivity contribution >= 4 is 0 Å². The zero-order chi connectivity index (χ0) is 10.2. The minimum absolute atomic E-state index is 1.16. The molecule has 1 heteroatoms. The van der Waals surface area contributed by atoms with E-state index in [1.54, 1.807) is 0 Å². The van der Waals surface area contributed by atoms with Crippen molar-refractivity contribution in [2.75, 3.05) is 0 Å². The van der Waals surface area contributed by atoms with E-state index in [1.807, 2.05) is 0 Å². The van der Waals surface area contributed by atoms with Crippen molar-refractivity contribution in [3.05, 3.63) is 30.1 Å². The average molecular weight is 192 g/mol. The van der Waals surface area contributed by atoms with Gasteiger partial charge in [-0.2, -0.15) is 0 Å². The molecule has 0 unspecified atom stereocenters. The van der Waals surface area contributed by atoms with Gasteiger partial charge < -0.3 is 0 Å². The topological polar surface area (TPSA) is 3.88 Å². The Kier molecular flexibility index (Phi) is 5.28. The fourth-order valence-electron chi connectivity index (χ4n) is 1.53. The first-order valence-corrected chi connectivity index (χ1v) is 5.84. The lowest BCUT2D eigenvalue weighted by Crippen LogP contribution is -2.32. The van der Waals surface area contributed by atoms with Crippen LogP contribution in [0.15, 0.2) is 24.5 Å². The van der Waals surface area contributed by atoms with E-state index in [4.69, 9.17) is 0 Å². The van der Waals surface area contributed by atoms with Crippen LogP contribution in [0.4, 0.5) is 0 Å². The average Bonchev–Trinajstić information content (AvgIpc) is 2.25. The first-order valence-electron chi connectivity index (χ1n) is 5.84. The van der Waals surface area contributed by atoms with Gasteiger partial charge in [0.1, 0.15) is 6.54 Å². The first-order chi connectivity index (χ1) is 6.86. The third-order valence-electron chi connectivity index (χ3n) is 2.55. The Morgan fingerprint density at radius 3 is 2.21 bits per heavy atom. The second kappa shape index (κ2) is 6.58. The Morgan fingerprint density at radius 1 is 1.00 bits per heavy atom. The molecule has 0 aliphatic heterocycles. The molecule has 0 radical (unpaired) electrons. The predicted molar refractivity (Wildman–Crippen MR) is 60.2 cm³/mol. The molecule has 0 saturated carbocycles. The molecule has 0 aliphatic carbocycles. The predicted octanol–water partition coefficient (Wildman–Crippen LogP) is 3.12. The molecule has 1 nitrogen and oxygen atoms in total. The van der Waals surface area contributed by atoms with Gasteiger partial charge in [-0.25, -0.2) is 4.57 Å². The van der Waals surface area contributed by atoms with E-state index < -0.39 is 0 Å². The molecule has 0 atom stereocenters. The van der Waals surface area contributed by atoms with E-state index in [0.29, 0.717) is 0 Å². The lowest BCUT2D eigenvalue weighted by atomic mass is 10.1. The summed E-state index contributed by atoms with van der Waals surface area (Å²) in [6.07, 6.45) is 10.8. The molecule has 0 bridgehead atoms. The summed E-state index contributed by atoms with van der Waals surface area (Å²) < 4.78 is 2.28. The van der Waals surface area contributed by atoms with Gasteiger partial charge in [0, 0.05) is 18.6 Å². The van der Waals surface area contributed by atoms with E-state index in [-0.39, 0.29) is 0 Å². The Balaban J connectivity index is 2.42. The highest BCUT2D eigenvalue weighted by Gasteiger charge is 1.99. The molecule has 0 fully saturated rings. The number of hydrogen-bond donors (Lipinski definition) is 0. The van der Waals surface area contributed by atoms with Crippen LogP contribution in [-0.4, -0.2) is 0 Å². The number of aromatic nitrogens is 1. The zero-order valence-corrected chi connectivity index (χ0v) is 9.50. The number of hydrogen-bond acceptors (Lipinski definition) is 0. The van der Waals surface area contributed by atoms with Crippen LogP contribution >= 0.6 is 0 Å². The Morgan fingerprint density at radius 2 is 1.64 bits per heavy atom.